The van der Waals surface area contributed by atoms with Gasteiger partial charge in [0.25, 0.3) is 0 Å². The largest absolute Gasteiger partial charge is 0.352 e. The maximum Gasteiger partial charge on any atom is 0.234 e. The average molecular weight is 178 g/mol. The molecule has 0 aromatic carbocycles. The van der Waals surface area contributed by atoms with Gasteiger partial charge >= 0.3 is 0 Å². The summed E-state index contributed by atoms with van der Waals surface area (Å²) >= 11 is 0. The van der Waals surface area contributed by atoms with E-state index in [1.54, 1.807) is 0 Å². The molecule has 0 aromatic heterocycles. The minimum Gasteiger partial charge on any atom is -0.352 e. The molecule has 0 unspecified atom stereocenters. The van der Waals surface area contributed by atoms with Crippen LogP contribution in [-0.4, -0.2) is 25.0 Å². The molecule has 0 atom stereocenters. The zero-order chi connectivity index (χ0) is 9.52. The Balaban J connectivity index is 2.07. The summed E-state index contributed by atoms with van der Waals surface area (Å²) in [6.07, 6.45) is 11.1. The van der Waals surface area contributed by atoms with Crippen LogP contribution >= 0.6 is 0 Å². The molecule has 0 spiro atoms. The first-order valence-electron chi connectivity index (χ1n) is 4.41. The van der Waals surface area contributed by atoms with Gasteiger partial charge in [-0.1, -0.05) is 18.1 Å². The zero-order valence-electron chi connectivity index (χ0n) is 7.55. The SMILES string of the molecule is C#CCNCC(=O)NC1CC=CC1. The molecule has 13 heavy (non-hydrogen) atoms. The molecule has 1 aliphatic rings. The second-order valence-electron chi connectivity index (χ2n) is 3.01. The van der Waals surface area contributed by atoms with E-state index in [9.17, 15) is 4.79 Å². The minimum atomic E-state index is 0.0175. The van der Waals surface area contributed by atoms with Crippen molar-refractivity contribution >= 4 is 5.91 Å². The molecule has 0 fully saturated rings. The Morgan fingerprint density at radius 1 is 1.54 bits per heavy atom. The highest BCUT2D eigenvalue weighted by molar-refractivity contribution is 5.78. The summed E-state index contributed by atoms with van der Waals surface area (Å²) in [5.74, 6) is 2.43. The highest BCUT2D eigenvalue weighted by atomic mass is 16.1. The Bertz CT molecular complexity index is 232. The lowest BCUT2D eigenvalue weighted by atomic mass is 10.2. The van der Waals surface area contributed by atoms with Crippen molar-refractivity contribution in [2.75, 3.05) is 13.1 Å². The second-order valence-corrected chi connectivity index (χ2v) is 3.01. The number of amides is 1. The number of hydrogen-bond acceptors (Lipinski definition) is 2. The van der Waals surface area contributed by atoms with E-state index in [4.69, 9.17) is 6.42 Å². The van der Waals surface area contributed by atoms with Gasteiger partial charge in [0.2, 0.25) is 5.91 Å². The van der Waals surface area contributed by atoms with Crippen molar-refractivity contribution < 1.29 is 4.79 Å². The molecule has 0 saturated carbocycles. The van der Waals surface area contributed by atoms with E-state index in [-0.39, 0.29) is 5.91 Å². The van der Waals surface area contributed by atoms with E-state index in [0.717, 1.165) is 12.8 Å². The summed E-state index contributed by atoms with van der Waals surface area (Å²) in [5, 5.41) is 5.75. The monoisotopic (exact) mass is 178 g/mol. The highest BCUT2D eigenvalue weighted by Crippen LogP contribution is 2.08. The third-order valence-corrected chi connectivity index (χ3v) is 1.89. The third kappa shape index (κ3) is 3.77. The third-order valence-electron chi connectivity index (χ3n) is 1.89. The average Bonchev–Trinajstić information content (AvgIpc) is 2.57. The summed E-state index contributed by atoms with van der Waals surface area (Å²) < 4.78 is 0. The van der Waals surface area contributed by atoms with Crippen molar-refractivity contribution in [3.8, 4) is 12.3 Å². The van der Waals surface area contributed by atoms with Gasteiger partial charge in [-0.25, -0.2) is 0 Å². The molecule has 3 heteroatoms. The van der Waals surface area contributed by atoms with Crippen molar-refractivity contribution in [2.24, 2.45) is 0 Å². The molecule has 1 amide bonds. The van der Waals surface area contributed by atoms with Gasteiger partial charge in [0, 0.05) is 6.04 Å². The molecular formula is C10H14N2O. The first-order valence-corrected chi connectivity index (χ1v) is 4.41. The van der Waals surface area contributed by atoms with Gasteiger partial charge in [0.05, 0.1) is 13.1 Å². The Labute approximate surface area is 78.6 Å². The molecule has 3 nitrogen and oxygen atoms in total. The van der Waals surface area contributed by atoms with E-state index in [2.05, 4.69) is 28.7 Å². The zero-order valence-corrected chi connectivity index (χ0v) is 7.55. The van der Waals surface area contributed by atoms with Gasteiger partial charge in [0.1, 0.15) is 0 Å². The molecule has 0 aromatic rings. The highest BCUT2D eigenvalue weighted by Gasteiger charge is 2.11. The van der Waals surface area contributed by atoms with E-state index in [1.165, 1.54) is 0 Å². The maximum atomic E-state index is 11.2. The van der Waals surface area contributed by atoms with Gasteiger partial charge < -0.3 is 5.32 Å². The van der Waals surface area contributed by atoms with Gasteiger partial charge in [0.15, 0.2) is 0 Å². The van der Waals surface area contributed by atoms with Gasteiger partial charge in [-0.05, 0) is 12.8 Å². The van der Waals surface area contributed by atoms with E-state index >= 15 is 0 Å². The van der Waals surface area contributed by atoms with Crippen molar-refractivity contribution in [2.45, 2.75) is 18.9 Å². The standard InChI is InChI=1S/C10H14N2O/c1-2-7-11-8-10(13)12-9-5-3-4-6-9/h1,3-4,9,11H,5-8H2,(H,12,13). The lowest BCUT2D eigenvalue weighted by Crippen LogP contribution is -2.39. The summed E-state index contributed by atoms with van der Waals surface area (Å²) in [4.78, 5) is 11.2. The van der Waals surface area contributed by atoms with Crippen LogP contribution in [-0.2, 0) is 4.79 Å². The van der Waals surface area contributed by atoms with Crippen LogP contribution in [0.5, 0.6) is 0 Å². The normalized spacial score (nSPS) is 15.6. The fourth-order valence-electron chi connectivity index (χ4n) is 1.26. The molecular weight excluding hydrogens is 164 g/mol. The Kier molecular flexibility index (Phi) is 4.07. The van der Waals surface area contributed by atoms with Crippen LogP contribution in [0.25, 0.3) is 0 Å². The van der Waals surface area contributed by atoms with Crippen molar-refractivity contribution in [3.05, 3.63) is 12.2 Å². The molecule has 0 bridgehead atoms. The van der Waals surface area contributed by atoms with Crippen molar-refractivity contribution in [1.82, 2.24) is 10.6 Å². The molecule has 1 rings (SSSR count). The molecule has 70 valence electrons. The first kappa shape index (κ1) is 9.82. The number of nitrogens with one attached hydrogen (secondary N) is 2. The fraction of sp³-hybridized carbons (Fsp3) is 0.500. The van der Waals surface area contributed by atoms with Crippen molar-refractivity contribution in [3.63, 3.8) is 0 Å². The summed E-state index contributed by atoms with van der Waals surface area (Å²) in [5.41, 5.74) is 0. The molecule has 0 aliphatic heterocycles. The predicted octanol–water partition coefficient (Wildman–Crippen LogP) is 0.0440. The van der Waals surface area contributed by atoms with Gasteiger partial charge in [-0.3, -0.25) is 10.1 Å². The lowest BCUT2D eigenvalue weighted by Gasteiger charge is -2.11. The minimum absolute atomic E-state index is 0.0175. The lowest BCUT2D eigenvalue weighted by molar-refractivity contribution is -0.120. The number of hydrogen-bond donors (Lipinski definition) is 2. The van der Waals surface area contributed by atoms with E-state index in [1.807, 2.05) is 0 Å². The van der Waals surface area contributed by atoms with Gasteiger partial charge in [-0.15, -0.1) is 6.42 Å². The number of rotatable bonds is 4. The predicted molar refractivity (Wildman–Crippen MR) is 52.0 cm³/mol. The second kappa shape index (κ2) is 5.39. The van der Waals surface area contributed by atoms with Crippen LogP contribution in [0.15, 0.2) is 12.2 Å². The quantitative estimate of drug-likeness (QED) is 0.362. The smallest absolute Gasteiger partial charge is 0.234 e. The molecule has 1 aliphatic carbocycles. The van der Waals surface area contributed by atoms with E-state index < -0.39 is 0 Å². The summed E-state index contributed by atoms with van der Waals surface area (Å²) in [6, 6.07) is 0.292. The molecule has 0 heterocycles. The first-order chi connectivity index (χ1) is 6.33. The van der Waals surface area contributed by atoms with E-state index in [0.29, 0.717) is 19.1 Å². The van der Waals surface area contributed by atoms with Crippen LogP contribution in [0.4, 0.5) is 0 Å². The van der Waals surface area contributed by atoms with Crippen LogP contribution in [0.2, 0.25) is 0 Å². The van der Waals surface area contributed by atoms with Crippen molar-refractivity contribution in [1.29, 1.82) is 0 Å². The molecule has 0 radical (unpaired) electrons. The Morgan fingerprint density at radius 2 is 2.23 bits per heavy atom. The van der Waals surface area contributed by atoms with Crippen LogP contribution < -0.4 is 10.6 Å². The topological polar surface area (TPSA) is 41.1 Å². The van der Waals surface area contributed by atoms with Crippen LogP contribution in [0, 0.1) is 12.3 Å². The maximum absolute atomic E-state index is 11.2. The molecule has 2 N–H and O–H groups in total. The fourth-order valence-corrected chi connectivity index (χ4v) is 1.26. The van der Waals surface area contributed by atoms with Gasteiger partial charge in [-0.2, -0.15) is 0 Å². The van der Waals surface area contributed by atoms with Crippen LogP contribution in [0.1, 0.15) is 12.8 Å². The number of carbonyl (C=O) groups is 1. The number of carbonyl (C=O) groups excluding carboxylic acids is 1. The van der Waals surface area contributed by atoms with Crippen LogP contribution in [0.3, 0.4) is 0 Å². The molecule has 0 saturated heterocycles. The Hall–Kier alpha value is -1.27. The summed E-state index contributed by atoms with van der Waals surface area (Å²) in [7, 11) is 0. The number of terminal acetylenes is 1. The summed E-state index contributed by atoms with van der Waals surface area (Å²) in [6.45, 7) is 0.747. The Morgan fingerprint density at radius 3 is 2.85 bits per heavy atom.